The molecule has 92 valence electrons. The Labute approximate surface area is 110 Å². The number of amides is 1. The summed E-state index contributed by atoms with van der Waals surface area (Å²) < 4.78 is 0.870. The van der Waals surface area contributed by atoms with Crippen LogP contribution in [0.1, 0.15) is 25.8 Å². The van der Waals surface area contributed by atoms with Gasteiger partial charge in [-0.2, -0.15) is 0 Å². The standard InChI is InChI=1S/C13H17BrN2O/c1-8(2)3-4-16-12-7-11(15)10(14)5-9(12)6-13(16)17/h5,7-8H,3-4,6,15H2,1-2H3. The van der Waals surface area contributed by atoms with Gasteiger partial charge in [-0.1, -0.05) is 13.8 Å². The molecule has 0 fully saturated rings. The highest BCUT2D eigenvalue weighted by atomic mass is 79.9. The van der Waals surface area contributed by atoms with E-state index >= 15 is 0 Å². The van der Waals surface area contributed by atoms with Crippen LogP contribution in [0.3, 0.4) is 0 Å². The fraction of sp³-hybridized carbons (Fsp3) is 0.462. The molecule has 0 aromatic heterocycles. The molecule has 1 aromatic carbocycles. The van der Waals surface area contributed by atoms with E-state index < -0.39 is 0 Å². The molecule has 0 saturated heterocycles. The van der Waals surface area contributed by atoms with Gasteiger partial charge in [-0.15, -0.1) is 0 Å². The molecule has 0 aliphatic carbocycles. The summed E-state index contributed by atoms with van der Waals surface area (Å²) in [6.45, 7) is 5.11. The lowest BCUT2D eigenvalue weighted by atomic mass is 10.1. The predicted molar refractivity (Wildman–Crippen MR) is 74.1 cm³/mol. The molecule has 2 N–H and O–H groups in total. The van der Waals surface area contributed by atoms with Crippen molar-refractivity contribution in [2.45, 2.75) is 26.7 Å². The van der Waals surface area contributed by atoms with E-state index in [9.17, 15) is 4.79 Å². The number of hydrogen-bond acceptors (Lipinski definition) is 2. The number of rotatable bonds is 3. The van der Waals surface area contributed by atoms with Crippen molar-refractivity contribution in [3.8, 4) is 0 Å². The zero-order valence-electron chi connectivity index (χ0n) is 10.2. The van der Waals surface area contributed by atoms with E-state index in [0.29, 0.717) is 18.0 Å². The number of nitrogens with two attached hydrogens (primary N) is 1. The van der Waals surface area contributed by atoms with Crippen LogP contribution in [-0.4, -0.2) is 12.5 Å². The van der Waals surface area contributed by atoms with Crippen LogP contribution in [0.4, 0.5) is 11.4 Å². The molecule has 3 nitrogen and oxygen atoms in total. The van der Waals surface area contributed by atoms with Gasteiger partial charge in [-0.3, -0.25) is 4.79 Å². The van der Waals surface area contributed by atoms with Crippen molar-refractivity contribution in [1.29, 1.82) is 0 Å². The van der Waals surface area contributed by atoms with Gasteiger partial charge in [-0.05, 0) is 46.0 Å². The van der Waals surface area contributed by atoms with Crippen LogP contribution >= 0.6 is 15.9 Å². The third-order valence-corrected chi connectivity index (χ3v) is 3.75. The van der Waals surface area contributed by atoms with Gasteiger partial charge in [0.2, 0.25) is 5.91 Å². The molecule has 1 aliphatic rings. The Kier molecular flexibility index (Phi) is 3.43. The summed E-state index contributed by atoms with van der Waals surface area (Å²) in [5, 5.41) is 0. The summed E-state index contributed by atoms with van der Waals surface area (Å²) in [5.74, 6) is 0.776. The largest absolute Gasteiger partial charge is 0.398 e. The minimum Gasteiger partial charge on any atom is -0.398 e. The monoisotopic (exact) mass is 296 g/mol. The maximum absolute atomic E-state index is 11.9. The first-order valence-corrected chi connectivity index (χ1v) is 6.66. The van der Waals surface area contributed by atoms with Crippen molar-refractivity contribution >= 4 is 33.2 Å². The molecule has 4 heteroatoms. The Balaban J connectivity index is 2.27. The van der Waals surface area contributed by atoms with E-state index in [1.807, 2.05) is 17.0 Å². The fourth-order valence-corrected chi connectivity index (χ4v) is 2.43. The smallest absolute Gasteiger partial charge is 0.231 e. The average molecular weight is 297 g/mol. The van der Waals surface area contributed by atoms with Gasteiger partial charge in [0, 0.05) is 22.4 Å². The number of fused-ring (bicyclic) bond motifs is 1. The predicted octanol–water partition coefficient (Wildman–Crippen LogP) is 2.97. The van der Waals surface area contributed by atoms with Crippen molar-refractivity contribution in [3.63, 3.8) is 0 Å². The van der Waals surface area contributed by atoms with Gasteiger partial charge in [0.25, 0.3) is 0 Å². The van der Waals surface area contributed by atoms with Crippen LogP contribution in [0.2, 0.25) is 0 Å². The molecular weight excluding hydrogens is 280 g/mol. The molecule has 0 unspecified atom stereocenters. The highest BCUT2D eigenvalue weighted by molar-refractivity contribution is 9.10. The first-order chi connectivity index (χ1) is 7.99. The minimum absolute atomic E-state index is 0.179. The Morgan fingerprint density at radius 3 is 2.82 bits per heavy atom. The van der Waals surface area contributed by atoms with Crippen molar-refractivity contribution in [2.24, 2.45) is 5.92 Å². The average Bonchev–Trinajstić information content (AvgIpc) is 2.52. The Morgan fingerprint density at radius 1 is 1.47 bits per heavy atom. The van der Waals surface area contributed by atoms with E-state index in [2.05, 4.69) is 29.8 Å². The third-order valence-electron chi connectivity index (χ3n) is 3.06. The van der Waals surface area contributed by atoms with Gasteiger partial charge in [0.1, 0.15) is 0 Å². The van der Waals surface area contributed by atoms with E-state index in [0.717, 1.165) is 28.7 Å². The van der Waals surface area contributed by atoms with Crippen LogP contribution < -0.4 is 10.6 Å². The maximum Gasteiger partial charge on any atom is 0.231 e. The lowest BCUT2D eigenvalue weighted by molar-refractivity contribution is -0.117. The van der Waals surface area contributed by atoms with Gasteiger partial charge >= 0.3 is 0 Å². The lowest BCUT2D eigenvalue weighted by Crippen LogP contribution is -2.28. The van der Waals surface area contributed by atoms with Crippen molar-refractivity contribution in [3.05, 3.63) is 22.2 Å². The molecule has 1 aliphatic heterocycles. The zero-order valence-corrected chi connectivity index (χ0v) is 11.8. The summed E-state index contributed by atoms with van der Waals surface area (Å²) in [4.78, 5) is 13.8. The lowest BCUT2D eigenvalue weighted by Gasteiger charge is -2.19. The number of benzene rings is 1. The highest BCUT2D eigenvalue weighted by Gasteiger charge is 2.27. The molecule has 0 bridgehead atoms. The van der Waals surface area contributed by atoms with Crippen LogP contribution in [0, 0.1) is 5.92 Å². The molecule has 1 heterocycles. The first-order valence-electron chi connectivity index (χ1n) is 5.87. The van der Waals surface area contributed by atoms with Gasteiger partial charge in [-0.25, -0.2) is 0 Å². The van der Waals surface area contributed by atoms with Crippen LogP contribution in [0.25, 0.3) is 0 Å². The molecule has 2 rings (SSSR count). The van der Waals surface area contributed by atoms with Crippen molar-refractivity contribution < 1.29 is 4.79 Å². The van der Waals surface area contributed by atoms with Crippen LogP contribution in [0.5, 0.6) is 0 Å². The number of nitrogens with zero attached hydrogens (tertiary/aromatic N) is 1. The highest BCUT2D eigenvalue weighted by Crippen LogP contribution is 2.35. The summed E-state index contributed by atoms with van der Waals surface area (Å²) in [6, 6.07) is 3.85. The molecular formula is C13H17BrN2O. The molecule has 17 heavy (non-hydrogen) atoms. The summed E-state index contributed by atoms with van der Waals surface area (Å²) in [5.41, 5.74) is 8.61. The molecule has 1 aromatic rings. The van der Waals surface area contributed by atoms with E-state index in [1.54, 1.807) is 0 Å². The number of carbonyl (C=O) groups excluding carboxylic acids is 1. The van der Waals surface area contributed by atoms with E-state index in [4.69, 9.17) is 5.73 Å². The maximum atomic E-state index is 11.9. The number of hydrogen-bond donors (Lipinski definition) is 1. The fourth-order valence-electron chi connectivity index (χ4n) is 2.04. The van der Waals surface area contributed by atoms with Gasteiger partial charge in [0.15, 0.2) is 0 Å². The third kappa shape index (κ3) is 2.46. The van der Waals surface area contributed by atoms with Gasteiger partial charge < -0.3 is 10.6 Å². The van der Waals surface area contributed by atoms with Crippen LogP contribution in [-0.2, 0) is 11.2 Å². The summed E-state index contributed by atoms with van der Waals surface area (Å²) in [6.07, 6.45) is 1.51. The van der Waals surface area contributed by atoms with E-state index in [-0.39, 0.29) is 5.91 Å². The first kappa shape index (κ1) is 12.4. The quantitative estimate of drug-likeness (QED) is 0.872. The molecule has 0 saturated carbocycles. The van der Waals surface area contributed by atoms with Crippen molar-refractivity contribution in [2.75, 3.05) is 17.2 Å². The molecule has 1 amide bonds. The number of anilines is 2. The normalized spacial score (nSPS) is 14.6. The minimum atomic E-state index is 0.179. The SMILES string of the molecule is CC(C)CCN1C(=O)Cc2cc(Br)c(N)cc21. The second kappa shape index (κ2) is 4.69. The number of carbonyl (C=O) groups is 1. The summed E-state index contributed by atoms with van der Waals surface area (Å²) >= 11 is 3.40. The molecule has 0 atom stereocenters. The topological polar surface area (TPSA) is 46.3 Å². The Hall–Kier alpha value is -1.03. The van der Waals surface area contributed by atoms with Gasteiger partial charge in [0.05, 0.1) is 6.42 Å². The summed E-state index contributed by atoms with van der Waals surface area (Å²) in [7, 11) is 0. The molecule has 0 spiro atoms. The molecule has 0 radical (unpaired) electrons. The zero-order chi connectivity index (χ0) is 12.6. The second-order valence-electron chi connectivity index (χ2n) is 4.91. The number of nitrogen functional groups attached to an aromatic ring is 1. The van der Waals surface area contributed by atoms with E-state index in [1.165, 1.54) is 0 Å². The van der Waals surface area contributed by atoms with Crippen molar-refractivity contribution in [1.82, 2.24) is 0 Å². The Morgan fingerprint density at radius 2 is 2.18 bits per heavy atom. The van der Waals surface area contributed by atoms with Crippen LogP contribution in [0.15, 0.2) is 16.6 Å². The Bertz CT molecular complexity index is 457. The second-order valence-corrected chi connectivity index (χ2v) is 5.76. The number of halogens is 1.